The van der Waals surface area contributed by atoms with Crippen LogP contribution in [0.3, 0.4) is 0 Å². The van der Waals surface area contributed by atoms with Crippen LogP contribution in [0.15, 0.2) is 0 Å². The number of nitrogens with two attached hydrogens (primary N) is 1. The molecule has 1 rings (SSSR count). The smallest absolute Gasteiger partial charge is 0.227 e. The van der Waals surface area contributed by atoms with Crippen molar-refractivity contribution in [3.8, 4) is 0 Å². The summed E-state index contributed by atoms with van der Waals surface area (Å²) < 4.78 is 5.12. The lowest BCUT2D eigenvalue weighted by molar-refractivity contribution is -0.139. The highest BCUT2D eigenvalue weighted by Crippen LogP contribution is 2.25. The minimum atomic E-state index is -0.0625. The van der Waals surface area contributed by atoms with Crippen molar-refractivity contribution >= 4 is 17.7 Å². The fourth-order valence-electron chi connectivity index (χ4n) is 2.30. The number of thioether (sulfide) groups is 1. The molecule has 2 atom stereocenters. The van der Waals surface area contributed by atoms with Crippen molar-refractivity contribution in [1.82, 2.24) is 4.90 Å². The maximum Gasteiger partial charge on any atom is 0.227 e. The van der Waals surface area contributed by atoms with E-state index in [-0.39, 0.29) is 11.8 Å². The highest BCUT2D eigenvalue weighted by Gasteiger charge is 2.32. The molecule has 1 fully saturated rings. The Kier molecular flexibility index (Phi) is 7.04. The molecule has 0 aliphatic carbocycles. The Balaban J connectivity index is 2.70. The van der Waals surface area contributed by atoms with Crippen LogP contribution < -0.4 is 5.73 Å². The predicted octanol–water partition coefficient (Wildman–Crippen LogP) is 1.20. The number of ether oxygens (including phenoxy) is 1. The van der Waals surface area contributed by atoms with Crippen LogP contribution in [-0.4, -0.2) is 55.2 Å². The van der Waals surface area contributed by atoms with Crippen LogP contribution in [0.4, 0.5) is 0 Å². The zero-order chi connectivity index (χ0) is 13.5. The molecule has 0 aromatic rings. The number of amides is 1. The normalized spacial score (nSPS) is 21.3. The van der Waals surface area contributed by atoms with Crippen LogP contribution in [0.25, 0.3) is 0 Å². The number of carbonyl (C=O) groups excluding carboxylic acids is 1. The first-order valence-corrected chi connectivity index (χ1v) is 7.84. The summed E-state index contributed by atoms with van der Waals surface area (Å²) in [7, 11) is 1.68. The van der Waals surface area contributed by atoms with Gasteiger partial charge in [-0.3, -0.25) is 4.79 Å². The Labute approximate surface area is 115 Å². The van der Waals surface area contributed by atoms with Crippen molar-refractivity contribution in [3.05, 3.63) is 0 Å². The zero-order valence-electron chi connectivity index (χ0n) is 11.7. The van der Waals surface area contributed by atoms with Crippen molar-refractivity contribution in [3.63, 3.8) is 0 Å². The second kappa shape index (κ2) is 8.02. The fraction of sp³-hybridized carbons (Fsp3) is 0.923. The number of hydrogen-bond donors (Lipinski definition) is 1. The van der Waals surface area contributed by atoms with Gasteiger partial charge in [0.15, 0.2) is 0 Å². The lowest BCUT2D eigenvalue weighted by atomic mass is 9.93. The van der Waals surface area contributed by atoms with Crippen molar-refractivity contribution < 1.29 is 9.53 Å². The maximum absolute atomic E-state index is 12.6. The van der Waals surface area contributed by atoms with Gasteiger partial charge in [-0.25, -0.2) is 0 Å². The van der Waals surface area contributed by atoms with E-state index in [0.717, 1.165) is 17.9 Å². The number of nitrogens with zero attached hydrogens (tertiary/aromatic N) is 1. The van der Waals surface area contributed by atoms with Crippen LogP contribution in [-0.2, 0) is 9.53 Å². The number of rotatable bonds is 7. The lowest BCUT2D eigenvalue weighted by Crippen LogP contribution is -2.48. The van der Waals surface area contributed by atoms with Gasteiger partial charge in [-0.1, -0.05) is 13.8 Å². The Morgan fingerprint density at radius 1 is 1.56 bits per heavy atom. The molecule has 5 heteroatoms. The molecule has 0 aromatic carbocycles. The first kappa shape index (κ1) is 15.8. The van der Waals surface area contributed by atoms with E-state index in [9.17, 15) is 4.79 Å². The van der Waals surface area contributed by atoms with Crippen LogP contribution in [0, 0.1) is 11.8 Å². The molecule has 1 aliphatic rings. The molecule has 0 saturated carbocycles. The predicted molar refractivity (Wildman–Crippen MR) is 76.7 cm³/mol. The molecule has 1 saturated heterocycles. The summed E-state index contributed by atoms with van der Waals surface area (Å²) >= 11 is 1.92. The SMILES string of the molecule is COCCN(C(=O)C(CN)C(C)C)C1CCSC1. The summed E-state index contributed by atoms with van der Waals surface area (Å²) in [5.41, 5.74) is 5.76. The second-order valence-electron chi connectivity index (χ2n) is 5.13. The summed E-state index contributed by atoms with van der Waals surface area (Å²) in [6, 6.07) is 0.366. The van der Waals surface area contributed by atoms with Gasteiger partial charge in [0.2, 0.25) is 5.91 Å². The van der Waals surface area contributed by atoms with Crippen molar-refractivity contribution in [2.75, 3.05) is 38.3 Å². The van der Waals surface area contributed by atoms with Gasteiger partial charge in [-0.2, -0.15) is 11.8 Å². The van der Waals surface area contributed by atoms with E-state index in [0.29, 0.717) is 31.7 Å². The van der Waals surface area contributed by atoms with E-state index < -0.39 is 0 Å². The third kappa shape index (κ3) is 4.14. The van der Waals surface area contributed by atoms with Crippen LogP contribution in [0.5, 0.6) is 0 Å². The van der Waals surface area contributed by atoms with Gasteiger partial charge < -0.3 is 15.4 Å². The minimum Gasteiger partial charge on any atom is -0.383 e. The van der Waals surface area contributed by atoms with Gasteiger partial charge in [-0.05, 0) is 18.1 Å². The first-order chi connectivity index (χ1) is 8.61. The van der Waals surface area contributed by atoms with E-state index in [1.54, 1.807) is 7.11 Å². The molecule has 0 spiro atoms. The molecule has 2 N–H and O–H groups in total. The molecule has 1 amide bonds. The van der Waals surface area contributed by atoms with E-state index in [4.69, 9.17) is 10.5 Å². The van der Waals surface area contributed by atoms with Gasteiger partial charge in [0.25, 0.3) is 0 Å². The maximum atomic E-state index is 12.6. The highest BCUT2D eigenvalue weighted by atomic mass is 32.2. The molecular formula is C13H26N2O2S. The number of hydrogen-bond acceptors (Lipinski definition) is 4. The van der Waals surface area contributed by atoms with E-state index >= 15 is 0 Å². The van der Waals surface area contributed by atoms with Crippen LogP contribution in [0.1, 0.15) is 20.3 Å². The average Bonchev–Trinajstić information content (AvgIpc) is 2.83. The topological polar surface area (TPSA) is 55.6 Å². The van der Waals surface area contributed by atoms with Crippen molar-refractivity contribution in [1.29, 1.82) is 0 Å². The van der Waals surface area contributed by atoms with E-state index in [1.807, 2.05) is 16.7 Å². The standard InChI is InChI=1S/C13H26N2O2S/c1-10(2)12(8-14)13(16)15(5-6-17-3)11-4-7-18-9-11/h10-12H,4-9,14H2,1-3H3. The third-order valence-electron chi connectivity index (χ3n) is 3.54. The molecule has 1 heterocycles. The third-order valence-corrected chi connectivity index (χ3v) is 4.69. The van der Waals surface area contributed by atoms with E-state index in [2.05, 4.69) is 13.8 Å². The number of carbonyl (C=O) groups is 1. The summed E-state index contributed by atoms with van der Waals surface area (Å²) in [6.45, 7) is 5.84. The minimum absolute atomic E-state index is 0.0625. The average molecular weight is 274 g/mol. The van der Waals surface area contributed by atoms with E-state index in [1.165, 1.54) is 0 Å². The van der Waals surface area contributed by atoms with Crippen molar-refractivity contribution in [2.45, 2.75) is 26.3 Å². The van der Waals surface area contributed by atoms with Gasteiger partial charge >= 0.3 is 0 Å². The lowest BCUT2D eigenvalue weighted by Gasteiger charge is -2.32. The zero-order valence-corrected chi connectivity index (χ0v) is 12.5. The summed E-state index contributed by atoms with van der Waals surface area (Å²) in [4.78, 5) is 14.6. The molecule has 18 heavy (non-hydrogen) atoms. The molecule has 106 valence electrons. The highest BCUT2D eigenvalue weighted by molar-refractivity contribution is 7.99. The fourth-order valence-corrected chi connectivity index (χ4v) is 3.53. The molecule has 0 radical (unpaired) electrons. The molecule has 0 aromatic heterocycles. The quantitative estimate of drug-likeness (QED) is 0.758. The Bertz CT molecular complexity index is 255. The molecule has 2 unspecified atom stereocenters. The van der Waals surface area contributed by atoms with Crippen LogP contribution >= 0.6 is 11.8 Å². The second-order valence-corrected chi connectivity index (χ2v) is 6.28. The first-order valence-electron chi connectivity index (χ1n) is 6.69. The van der Waals surface area contributed by atoms with Gasteiger partial charge in [0.1, 0.15) is 0 Å². The largest absolute Gasteiger partial charge is 0.383 e. The summed E-state index contributed by atoms with van der Waals surface area (Å²) in [5.74, 6) is 2.63. The monoisotopic (exact) mass is 274 g/mol. The Hall–Kier alpha value is -0.260. The Morgan fingerprint density at radius 3 is 2.72 bits per heavy atom. The van der Waals surface area contributed by atoms with Crippen LogP contribution in [0.2, 0.25) is 0 Å². The van der Waals surface area contributed by atoms with Crippen molar-refractivity contribution in [2.24, 2.45) is 17.6 Å². The molecule has 1 aliphatic heterocycles. The molecule has 4 nitrogen and oxygen atoms in total. The van der Waals surface area contributed by atoms with Gasteiger partial charge in [-0.15, -0.1) is 0 Å². The summed E-state index contributed by atoms with van der Waals surface area (Å²) in [6.07, 6.45) is 1.09. The molecular weight excluding hydrogens is 248 g/mol. The number of methoxy groups -OCH3 is 1. The van der Waals surface area contributed by atoms with Gasteiger partial charge in [0, 0.05) is 32.0 Å². The van der Waals surface area contributed by atoms with Gasteiger partial charge in [0.05, 0.1) is 12.5 Å². The summed E-state index contributed by atoms with van der Waals surface area (Å²) in [5, 5.41) is 0. The Morgan fingerprint density at radius 2 is 2.28 bits per heavy atom. The molecule has 0 bridgehead atoms.